The van der Waals surface area contributed by atoms with Gasteiger partial charge in [-0.25, -0.2) is 4.39 Å². The standard InChI is InChI=1S/C24H25FN2O4/c1-27(13-17-8-10-19(25)11-9-17)24(29)20-12-26-22(14-28)23(21(20)16-30-2)31-15-18-6-4-3-5-7-18/h3-12,28H,13-16H2,1-2H3. The van der Waals surface area contributed by atoms with Crippen LogP contribution in [0, 0.1) is 5.82 Å². The van der Waals surface area contributed by atoms with Crippen molar-refractivity contribution in [2.45, 2.75) is 26.4 Å². The fourth-order valence-corrected chi connectivity index (χ4v) is 3.20. The average Bonchev–Trinajstić information content (AvgIpc) is 2.79. The lowest BCUT2D eigenvalue weighted by Gasteiger charge is -2.21. The zero-order valence-corrected chi connectivity index (χ0v) is 17.5. The van der Waals surface area contributed by atoms with Crippen molar-refractivity contribution in [3.63, 3.8) is 0 Å². The van der Waals surface area contributed by atoms with Crippen molar-refractivity contribution in [1.29, 1.82) is 0 Å². The van der Waals surface area contributed by atoms with Crippen LogP contribution >= 0.6 is 0 Å². The number of ether oxygens (including phenoxy) is 2. The van der Waals surface area contributed by atoms with Crippen molar-refractivity contribution < 1.29 is 23.8 Å². The van der Waals surface area contributed by atoms with Crippen molar-refractivity contribution in [3.8, 4) is 5.75 Å². The number of hydrogen-bond donors (Lipinski definition) is 1. The highest BCUT2D eigenvalue weighted by molar-refractivity contribution is 5.96. The number of aromatic nitrogens is 1. The Morgan fingerprint density at radius 3 is 2.42 bits per heavy atom. The molecule has 2 aromatic carbocycles. The van der Waals surface area contributed by atoms with Crippen LogP contribution in [0.15, 0.2) is 60.8 Å². The average molecular weight is 424 g/mol. The van der Waals surface area contributed by atoms with Crippen LogP contribution in [-0.4, -0.2) is 35.1 Å². The second-order valence-corrected chi connectivity index (χ2v) is 7.08. The van der Waals surface area contributed by atoms with Gasteiger partial charge in [-0.05, 0) is 23.3 Å². The largest absolute Gasteiger partial charge is 0.486 e. The third-order valence-corrected chi connectivity index (χ3v) is 4.79. The highest BCUT2D eigenvalue weighted by atomic mass is 19.1. The maximum absolute atomic E-state index is 13.2. The van der Waals surface area contributed by atoms with Crippen LogP contribution in [0.3, 0.4) is 0 Å². The molecule has 0 saturated carbocycles. The van der Waals surface area contributed by atoms with E-state index in [4.69, 9.17) is 9.47 Å². The van der Waals surface area contributed by atoms with Gasteiger partial charge in [0.2, 0.25) is 0 Å². The zero-order valence-electron chi connectivity index (χ0n) is 17.5. The van der Waals surface area contributed by atoms with Crippen LogP contribution in [0.2, 0.25) is 0 Å². The summed E-state index contributed by atoms with van der Waals surface area (Å²) in [7, 11) is 3.18. The van der Waals surface area contributed by atoms with E-state index in [1.807, 2.05) is 30.3 Å². The number of methoxy groups -OCH3 is 1. The molecule has 7 heteroatoms. The molecular weight excluding hydrogens is 399 g/mol. The first kappa shape index (κ1) is 22.4. The summed E-state index contributed by atoms with van der Waals surface area (Å²) in [5.41, 5.74) is 2.92. The SMILES string of the molecule is COCc1c(C(=O)N(C)Cc2ccc(F)cc2)cnc(CO)c1OCc1ccccc1. The second kappa shape index (κ2) is 10.7. The molecule has 162 valence electrons. The normalized spacial score (nSPS) is 10.7. The number of carbonyl (C=O) groups is 1. The minimum atomic E-state index is -0.333. The molecule has 0 saturated heterocycles. The summed E-state index contributed by atoms with van der Waals surface area (Å²) in [6, 6.07) is 15.6. The lowest BCUT2D eigenvalue weighted by molar-refractivity contribution is 0.0778. The Kier molecular flexibility index (Phi) is 7.70. The maximum Gasteiger partial charge on any atom is 0.255 e. The Morgan fingerprint density at radius 2 is 1.77 bits per heavy atom. The summed E-state index contributed by atoms with van der Waals surface area (Å²) < 4.78 is 24.5. The predicted octanol–water partition coefficient (Wildman–Crippen LogP) is 3.71. The van der Waals surface area contributed by atoms with E-state index < -0.39 is 0 Å². The lowest BCUT2D eigenvalue weighted by Crippen LogP contribution is -2.28. The molecule has 1 aromatic heterocycles. The molecule has 31 heavy (non-hydrogen) atoms. The molecule has 0 aliphatic heterocycles. The summed E-state index contributed by atoms with van der Waals surface area (Å²) in [6.07, 6.45) is 1.43. The summed E-state index contributed by atoms with van der Waals surface area (Å²) in [4.78, 5) is 18.9. The van der Waals surface area contributed by atoms with E-state index in [0.29, 0.717) is 29.1 Å². The fraction of sp³-hybridized carbons (Fsp3) is 0.250. The molecule has 3 rings (SSSR count). The Hall–Kier alpha value is -3.29. The van der Waals surface area contributed by atoms with Gasteiger partial charge in [-0.1, -0.05) is 42.5 Å². The van der Waals surface area contributed by atoms with E-state index in [9.17, 15) is 14.3 Å². The van der Waals surface area contributed by atoms with Crippen LogP contribution in [0.25, 0.3) is 0 Å². The maximum atomic E-state index is 13.2. The molecule has 6 nitrogen and oxygen atoms in total. The minimum absolute atomic E-state index is 0.116. The molecule has 0 aliphatic carbocycles. The van der Waals surface area contributed by atoms with Crippen LogP contribution < -0.4 is 4.74 Å². The molecule has 3 aromatic rings. The van der Waals surface area contributed by atoms with E-state index in [2.05, 4.69) is 4.98 Å². The zero-order chi connectivity index (χ0) is 22.2. The van der Waals surface area contributed by atoms with Crippen molar-refractivity contribution in [2.24, 2.45) is 0 Å². The molecule has 1 amide bonds. The number of halogens is 1. The summed E-state index contributed by atoms with van der Waals surface area (Å²) >= 11 is 0. The summed E-state index contributed by atoms with van der Waals surface area (Å²) in [5, 5.41) is 9.75. The van der Waals surface area contributed by atoms with E-state index in [1.165, 1.54) is 30.3 Å². The number of amides is 1. The number of hydrogen-bond acceptors (Lipinski definition) is 5. The van der Waals surface area contributed by atoms with Crippen LogP contribution in [0.5, 0.6) is 5.75 Å². The van der Waals surface area contributed by atoms with Crippen molar-refractivity contribution in [1.82, 2.24) is 9.88 Å². The monoisotopic (exact) mass is 424 g/mol. The molecule has 0 bridgehead atoms. The molecule has 1 N–H and O–H groups in total. The highest BCUT2D eigenvalue weighted by Gasteiger charge is 2.23. The van der Waals surface area contributed by atoms with E-state index in [-0.39, 0.29) is 31.5 Å². The van der Waals surface area contributed by atoms with Gasteiger partial charge < -0.3 is 19.5 Å². The van der Waals surface area contributed by atoms with Gasteiger partial charge in [-0.2, -0.15) is 0 Å². The summed E-state index contributed by atoms with van der Waals surface area (Å²) in [5.74, 6) is -0.267. The highest BCUT2D eigenvalue weighted by Crippen LogP contribution is 2.29. The number of carbonyl (C=O) groups excluding carboxylic acids is 1. The van der Waals surface area contributed by atoms with Crippen LogP contribution in [0.4, 0.5) is 4.39 Å². The van der Waals surface area contributed by atoms with Gasteiger partial charge in [-0.15, -0.1) is 0 Å². The number of rotatable bonds is 9. The first-order valence-electron chi connectivity index (χ1n) is 9.80. The molecular formula is C24H25FN2O4. The molecule has 0 unspecified atom stereocenters. The molecule has 1 heterocycles. The third kappa shape index (κ3) is 5.65. The van der Waals surface area contributed by atoms with Crippen LogP contribution in [0.1, 0.15) is 32.7 Å². The van der Waals surface area contributed by atoms with Gasteiger partial charge in [0.15, 0.2) is 0 Å². The number of nitrogens with zero attached hydrogens (tertiary/aromatic N) is 2. The Labute approximate surface area is 180 Å². The fourth-order valence-electron chi connectivity index (χ4n) is 3.20. The Balaban J connectivity index is 1.89. The number of benzene rings is 2. The quantitative estimate of drug-likeness (QED) is 0.567. The van der Waals surface area contributed by atoms with E-state index >= 15 is 0 Å². The number of aliphatic hydroxyl groups excluding tert-OH is 1. The lowest BCUT2D eigenvalue weighted by atomic mass is 10.1. The predicted molar refractivity (Wildman–Crippen MR) is 114 cm³/mol. The first-order chi connectivity index (χ1) is 15.0. The van der Waals surface area contributed by atoms with Gasteiger partial charge in [0, 0.05) is 32.5 Å². The van der Waals surface area contributed by atoms with Gasteiger partial charge >= 0.3 is 0 Å². The van der Waals surface area contributed by atoms with E-state index in [0.717, 1.165) is 11.1 Å². The minimum Gasteiger partial charge on any atom is -0.486 e. The Morgan fingerprint density at radius 1 is 1.06 bits per heavy atom. The third-order valence-electron chi connectivity index (χ3n) is 4.79. The van der Waals surface area contributed by atoms with Gasteiger partial charge in [0.25, 0.3) is 5.91 Å². The topological polar surface area (TPSA) is 71.9 Å². The molecule has 0 fully saturated rings. The molecule has 0 atom stereocenters. The van der Waals surface area contributed by atoms with Crippen molar-refractivity contribution >= 4 is 5.91 Å². The van der Waals surface area contributed by atoms with Gasteiger partial charge in [0.1, 0.15) is 23.9 Å². The summed E-state index contributed by atoms with van der Waals surface area (Å²) in [6.45, 7) is 0.342. The number of pyridine rings is 1. The van der Waals surface area contributed by atoms with Crippen LogP contribution in [-0.2, 0) is 31.1 Å². The Bertz CT molecular complexity index is 1010. The smallest absolute Gasteiger partial charge is 0.255 e. The molecule has 0 radical (unpaired) electrons. The van der Waals surface area contributed by atoms with Crippen molar-refractivity contribution in [3.05, 3.63) is 94.6 Å². The van der Waals surface area contributed by atoms with Gasteiger partial charge in [-0.3, -0.25) is 9.78 Å². The van der Waals surface area contributed by atoms with Gasteiger partial charge in [0.05, 0.1) is 18.8 Å². The molecule has 0 spiro atoms. The van der Waals surface area contributed by atoms with Crippen molar-refractivity contribution in [2.75, 3.05) is 14.2 Å². The first-order valence-corrected chi connectivity index (χ1v) is 9.80. The second-order valence-electron chi connectivity index (χ2n) is 7.08. The van der Waals surface area contributed by atoms with E-state index in [1.54, 1.807) is 19.2 Å². The molecule has 0 aliphatic rings. The number of aliphatic hydroxyl groups is 1.